The summed E-state index contributed by atoms with van der Waals surface area (Å²) < 4.78 is 5.46. The number of carbonyl (C=O) groups excluding carboxylic acids is 1. The van der Waals surface area contributed by atoms with Crippen LogP contribution in [0.4, 0.5) is 5.00 Å². The first-order valence-corrected chi connectivity index (χ1v) is 9.28. The van der Waals surface area contributed by atoms with Gasteiger partial charge in [-0.1, -0.05) is 30.6 Å². The minimum Gasteiger partial charge on any atom is -0.379 e. The van der Waals surface area contributed by atoms with Crippen LogP contribution in [0.2, 0.25) is 0 Å². The molecule has 2 heterocycles. The second-order valence-electron chi connectivity index (χ2n) is 6.46. The molecule has 132 valence electrons. The highest BCUT2D eigenvalue weighted by Crippen LogP contribution is 2.34. The zero-order valence-corrected chi connectivity index (χ0v) is 14.5. The van der Waals surface area contributed by atoms with Gasteiger partial charge in [0.1, 0.15) is 0 Å². The van der Waals surface area contributed by atoms with E-state index in [1.54, 1.807) is 0 Å². The minimum atomic E-state index is -0.461. The van der Waals surface area contributed by atoms with Gasteiger partial charge in [0.15, 0.2) is 0 Å². The molecule has 8 heteroatoms. The fourth-order valence-electron chi connectivity index (χ4n) is 3.73. The maximum absolute atomic E-state index is 12.4. The Morgan fingerprint density at radius 2 is 2.00 bits per heavy atom. The average Bonchev–Trinajstić information content (AvgIpc) is 3.12. The minimum absolute atomic E-state index is 0.000656. The van der Waals surface area contributed by atoms with Gasteiger partial charge >= 0.3 is 5.00 Å². The van der Waals surface area contributed by atoms with Crippen molar-refractivity contribution in [2.24, 2.45) is 0 Å². The number of nitro groups is 1. The number of ether oxygens (including phenoxy) is 1. The zero-order valence-electron chi connectivity index (χ0n) is 13.7. The third-order valence-corrected chi connectivity index (χ3v) is 6.08. The molecule has 24 heavy (non-hydrogen) atoms. The molecule has 1 aromatic heterocycles. The number of hydrogen-bond acceptors (Lipinski definition) is 6. The smallest absolute Gasteiger partial charge is 0.324 e. The molecule has 0 spiro atoms. The van der Waals surface area contributed by atoms with Crippen LogP contribution in [-0.4, -0.2) is 54.1 Å². The molecular formula is C16H23N3O4S. The van der Waals surface area contributed by atoms with Gasteiger partial charge in [-0.3, -0.25) is 19.8 Å². The SMILES string of the molecule is O=C(NCC1(N2CCOCC2)CCCCC1)c1ccc([N+](=O)[O-])s1. The first kappa shape index (κ1) is 17.3. The van der Waals surface area contributed by atoms with Crippen molar-refractivity contribution in [1.29, 1.82) is 0 Å². The summed E-state index contributed by atoms with van der Waals surface area (Å²) in [4.78, 5) is 25.5. The average molecular weight is 353 g/mol. The van der Waals surface area contributed by atoms with Gasteiger partial charge in [0.05, 0.1) is 23.0 Å². The highest BCUT2D eigenvalue weighted by molar-refractivity contribution is 7.17. The van der Waals surface area contributed by atoms with E-state index in [-0.39, 0.29) is 16.4 Å². The monoisotopic (exact) mass is 353 g/mol. The number of nitrogens with zero attached hydrogens (tertiary/aromatic N) is 2. The van der Waals surface area contributed by atoms with Crippen molar-refractivity contribution < 1.29 is 14.5 Å². The van der Waals surface area contributed by atoms with Gasteiger partial charge in [-0.05, 0) is 18.9 Å². The topological polar surface area (TPSA) is 84.7 Å². The largest absolute Gasteiger partial charge is 0.379 e. The van der Waals surface area contributed by atoms with Gasteiger partial charge in [-0.2, -0.15) is 0 Å². The van der Waals surface area contributed by atoms with Crippen LogP contribution in [0.5, 0.6) is 0 Å². The Kier molecular flexibility index (Phi) is 5.47. The fraction of sp³-hybridized carbons (Fsp3) is 0.688. The van der Waals surface area contributed by atoms with Gasteiger partial charge in [0, 0.05) is 31.2 Å². The van der Waals surface area contributed by atoms with E-state index >= 15 is 0 Å². The summed E-state index contributed by atoms with van der Waals surface area (Å²) in [5.41, 5.74) is 0.000876. The van der Waals surface area contributed by atoms with Crippen molar-refractivity contribution in [3.05, 3.63) is 27.1 Å². The quantitative estimate of drug-likeness (QED) is 0.649. The predicted octanol–water partition coefficient (Wildman–Crippen LogP) is 2.42. The van der Waals surface area contributed by atoms with Crippen LogP contribution in [0.15, 0.2) is 12.1 Å². The zero-order chi connectivity index (χ0) is 17.0. The summed E-state index contributed by atoms with van der Waals surface area (Å²) in [7, 11) is 0. The molecule has 0 aromatic carbocycles. The summed E-state index contributed by atoms with van der Waals surface area (Å²) in [6.45, 7) is 3.89. The van der Waals surface area contributed by atoms with Gasteiger partial charge in [-0.25, -0.2) is 0 Å². The molecule has 1 aromatic rings. The lowest BCUT2D eigenvalue weighted by molar-refractivity contribution is -0.380. The van der Waals surface area contributed by atoms with Crippen LogP contribution >= 0.6 is 11.3 Å². The second kappa shape index (κ2) is 7.58. The molecule has 1 aliphatic carbocycles. The van der Waals surface area contributed by atoms with Crippen LogP contribution in [0.1, 0.15) is 41.8 Å². The molecule has 3 rings (SSSR count). The molecule has 1 saturated heterocycles. The number of hydrogen-bond donors (Lipinski definition) is 1. The number of rotatable bonds is 5. The lowest BCUT2D eigenvalue weighted by Crippen LogP contribution is -2.59. The molecular weight excluding hydrogens is 330 g/mol. The van der Waals surface area contributed by atoms with Gasteiger partial charge in [0.25, 0.3) is 5.91 Å². The first-order valence-electron chi connectivity index (χ1n) is 8.46. The van der Waals surface area contributed by atoms with E-state index < -0.39 is 4.92 Å². The Hall–Kier alpha value is -1.51. The van der Waals surface area contributed by atoms with Crippen molar-refractivity contribution >= 4 is 22.2 Å². The van der Waals surface area contributed by atoms with Crippen molar-refractivity contribution in [1.82, 2.24) is 10.2 Å². The summed E-state index contributed by atoms with van der Waals surface area (Å²) in [5.74, 6) is -0.216. The Bertz CT molecular complexity index is 592. The van der Waals surface area contributed by atoms with E-state index in [1.165, 1.54) is 31.4 Å². The van der Waals surface area contributed by atoms with E-state index in [0.29, 0.717) is 11.4 Å². The number of amides is 1. The maximum Gasteiger partial charge on any atom is 0.324 e. The highest BCUT2D eigenvalue weighted by atomic mass is 32.1. The van der Waals surface area contributed by atoms with Crippen molar-refractivity contribution in [3.63, 3.8) is 0 Å². The number of thiophene rings is 1. The van der Waals surface area contributed by atoms with Gasteiger partial charge in [0.2, 0.25) is 0 Å². The second-order valence-corrected chi connectivity index (χ2v) is 7.52. The lowest BCUT2D eigenvalue weighted by Gasteiger charge is -2.48. The molecule has 7 nitrogen and oxygen atoms in total. The Morgan fingerprint density at radius 3 is 2.62 bits per heavy atom. The molecule has 1 saturated carbocycles. The fourth-order valence-corrected chi connectivity index (χ4v) is 4.47. The predicted molar refractivity (Wildman–Crippen MR) is 91.5 cm³/mol. The summed E-state index contributed by atoms with van der Waals surface area (Å²) in [5, 5.41) is 13.8. The molecule has 1 amide bonds. The highest BCUT2D eigenvalue weighted by Gasteiger charge is 2.39. The third-order valence-electron chi connectivity index (χ3n) is 5.04. The van der Waals surface area contributed by atoms with E-state index in [9.17, 15) is 14.9 Å². The summed E-state index contributed by atoms with van der Waals surface area (Å²) in [6, 6.07) is 2.92. The van der Waals surface area contributed by atoms with Crippen molar-refractivity contribution in [3.8, 4) is 0 Å². The van der Waals surface area contributed by atoms with E-state index in [1.807, 2.05) is 0 Å². The number of morpholine rings is 1. The van der Waals surface area contributed by atoms with Crippen LogP contribution in [0, 0.1) is 10.1 Å². The Morgan fingerprint density at radius 1 is 1.29 bits per heavy atom. The van der Waals surface area contributed by atoms with Crippen LogP contribution in [0.3, 0.4) is 0 Å². The third kappa shape index (κ3) is 3.76. The lowest BCUT2D eigenvalue weighted by atomic mass is 9.79. The molecule has 1 N–H and O–H groups in total. The van der Waals surface area contributed by atoms with Crippen molar-refractivity contribution in [2.45, 2.75) is 37.6 Å². The van der Waals surface area contributed by atoms with Crippen LogP contribution in [0.25, 0.3) is 0 Å². The summed E-state index contributed by atoms with van der Waals surface area (Å²) in [6.07, 6.45) is 5.77. The summed E-state index contributed by atoms with van der Waals surface area (Å²) >= 11 is 0.925. The molecule has 2 fully saturated rings. The first-order chi connectivity index (χ1) is 11.6. The van der Waals surface area contributed by atoms with Gasteiger partial charge in [-0.15, -0.1) is 0 Å². The van der Waals surface area contributed by atoms with E-state index in [4.69, 9.17) is 4.74 Å². The molecule has 1 aliphatic heterocycles. The van der Waals surface area contributed by atoms with E-state index in [2.05, 4.69) is 10.2 Å². The normalized spacial score (nSPS) is 21.3. The van der Waals surface area contributed by atoms with Crippen LogP contribution < -0.4 is 5.32 Å². The van der Waals surface area contributed by atoms with E-state index in [0.717, 1.165) is 50.5 Å². The molecule has 0 radical (unpaired) electrons. The van der Waals surface area contributed by atoms with Crippen molar-refractivity contribution in [2.75, 3.05) is 32.8 Å². The maximum atomic E-state index is 12.4. The molecule has 0 atom stereocenters. The van der Waals surface area contributed by atoms with Crippen LogP contribution in [-0.2, 0) is 4.74 Å². The number of carbonyl (C=O) groups is 1. The molecule has 0 bridgehead atoms. The Labute approximate surface area is 145 Å². The molecule has 2 aliphatic rings. The Balaban J connectivity index is 1.66. The number of nitrogens with one attached hydrogen (secondary N) is 1. The standard InChI is InChI=1S/C16H23N3O4S/c20-15(13-4-5-14(24-13)19(21)22)17-12-16(6-2-1-3-7-16)18-8-10-23-11-9-18/h4-5H,1-3,6-12H2,(H,17,20). The van der Waals surface area contributed by atoms with Gasteiger partial charge < -0.3 is 10.1 Å². The molecule has 0 unspecified atom stereocenters.